The van der Waals surface area contributed by atoms with Crippen LogP contribution in [-0.4, -0.2) is 4.98 Å². The van der Waals surface area contributed by atoms with Crippen LogP contribution >= 0.6 is 11.6 Å². The van der Waals surface area contributed by atoms with E-state index in [1.165, 1.54) is 6.07 Å². The number of pyridine rings is 1. The smallest absolute Gasteiger partial charge is 0.131 e. The number of anilines is 1. The van der Waals surface area contributed by atoms with Gasteiger partial charge in [-0.05, 0) is 25.1 Å². The zero-order chi connectivity index (χ0) is 14.8. The molecule has 1 aromatic heterocycles. The lowest BCUT2D eigenvalue weighted by atomic mass is 10.1. The fourth-order valence-electron chi connectivity index (χ4n) is 2.40. The van der Waals surface area contributed by atoms with Crippen LogP contribution in [0.15, 0.2) is 54.6 Å². The van der Waals surface area contributed by atoms with Gasteiger partial charge in [0.15, 0.2) is 0 Å². The predicted octanol–water partition coefficient (Wildman–Crippen LogP) is 5.20. The molecule has 0 fully saturated rings. The van der Waals surface area contributed by atoms with Gasteiger partial charge >= 0.3 is 0 Å². The Morgan fingerprint density at radius 3 is 2.62 bits per heavy atom. The summed E-state index contributed by atoms with van der Waals surface area (Å²) in [5.41, 5.74) is 2.28. The number of hydrogen-bond donors (Lipinski definition) is 1. The van der Waals surface area contributed by atoms with Crippen LogP contribution in [0.4, 0.5) is 10.1 Å². The summed E-state index contributed by atoms with van der Waals surface area (Å²) < 4.78 is 13.9. The van der Waals surface area contributed by atoms with Gasteiger partial charge in [-0.1, -0.05) is 48.0 Å². The van der Waals surface area contributed by atoms with E-state index < -0.39 is 0 Å². The van der Waals surface area contributed by atoms with E-state index in [0.717, 1.165) is 16.6 Å². The van der Waals surface area contributed by atoms with Crippen LogP contribution < -0.4 is 5.32 Å². The van der Waals surface area contributed by atoms with E-state index in [0.29, 0.717) is 10.7 Å². The number of aromatic nitrogens is 1. The molecule has 1 atom stereocenters. The van der Waals surface area contributed by atoms with E-state index in [1.54, 1.807) is 18.2 Å². The Bertz CT molecular complexity index is 789. The Morgan fingerprint density at radius 1 is 1.10 bits per heavy atom. The molecular weight excluding hydrogens is 287 g/mol. The Kier molecular flexibility index (Phi) is 3.76. The second kappa shape index (κ2) is 5.70. The summed E-state index contributed by atoms with van der Waals surface area (Å²) in [7, 11) is 0. The highest BCUT2D eigenvalue weighted by molar-refractivity contribution is 6.30. The van der Waals surface area contributed by atoms with Gasteiger partial charge in [0.1, 0.15) is 11.0 Å². The number of fused-ring (bicyclic) bond motifs is 1. The third-order valence-electron chi connectivity index (χ3n) is 3.43. The zero-order valence-corrected chi connectivity index (χ0v) is 12.2. The van der Waals surface area contributed by atoms with Crippen molar-refractivity contribution in [3.05, 3.63) is 71.1 Å². The second-order valence-electron chi connectivity index (χ2n) is 4.90. The molecule has 21 heavy (non-hydrogen) atoms. The lowest BCUT2D eigenvalue weighted by molar-refractivity contribution is 0.600. The fraction of sp³-hybridized carbons (Fsp3) is 0.118. The van der Waals surface area contributed by atoms with Gasteiger partial charge in [0.05, 0.1) is 11.6 Å². The third kappa shape index (κ3) is 2.83. The first-order chi connectivity index (χ1) is 10.1. The van der Waals surface area contributed by atoms with Crippen molar-refractivity contribution in [3.63, 3.8) is 0 Å². The van der Waals surface area contributed by atoms with Gasteiger partial charge in [0.2, 0.25) is 0 Å². The molecule has 0 bridgehead atoms. The molecule has 2 nitrogen and oxygen atoms in total. The van der Waals surface area contributed by atoms with Crippen LogP contribution in [-0.2, 0) is 0 Å². The highest BCUT2D eigenvalue weighted by atomic mass is 35.5. The van der Waals surface area contributed by atoms with Gasteiger partial charge in [-0.3, -0.25) is 0 Å². The van der Waals surface area contributed by atoms with Crippen molar-refractivity contribution in [2.45, 2.75) is 13.0 Å². The summed E-state index contributed by atoms with van der Waals surface area (Å²) in [6, 6.07) is 16.1. The molecule has 3 aromatic rings. The number of rotatable bonds is 3. The first kappa shape index (κ1) is 13.8. The summed E-state index contributed by atoms with van der Waals surface area (Å²) in [5, 5.41) is 4.70. The molecule has 0 aliphatic heterocycles. The standard InChI is InChI=1S/C17H14ClFN2/c1-11(12-6-2-4-8-14(12)19)20-16-10-17(18)21-15-9-5-3-7-13(15)16/h2-11H,1H3,(H,20,21). The first-order valence-corrected chi connectivity index (χ1v) is 7.09. The molecule has 1 unspecified atom stereocenters. The van der Waals surface area contributed by atoms with Gasteiger partial charge in [0.25, 0.3) is 0 Å². The number of benzene rings is 2. The summed E-state index contributed by atoms with van der Waals surface area (Å²) in [4.78, 5) is 4.29. The molecule has 3 rings (SSSR count). The van der Waals surface area contributed by atoms with Crippen LogP contribution in [0.25, 0.3) is 10.9 Å². The molecule has 0 saturated carbocycles. The zero-order valence-electron chi connectivity index (χ0n) is 11.5. The summed E-state index contributed by atoms with van der Waals surface area (Å²) in [6.07, 6.45) is 0. The topological polar surface area (TPSA) is 24.9 Å². The van der Waals surface area contributed by atoms with E-state index in [9.17, 15) is 4.39 Å². The molecule has 0 aliphatic carbocycles. The van der Waals surface area contributed by atoms with Crippen molar-refractivity contribution in [3.8, 4) is 0 Å². The Hall–Kier alpha value is -2.13. The molecule has 106 valence electrons. The number of nitrogens with zero attached hydrogens (tertiary/aromatic N) is 1. The molecule has 0 radical (unpaired) electrons. The van der Waals surface area contributed by atoms with E-state index >= 15 is 0 Å². The van der Waals surface area contributed by atoms with Gasteiger partial charge in [-0.15, -0.1) is 0 Å². The van der Waals surface area contributed by atoms with E-state index in [2.05, 4.69) is 10.3 Å². The van der Waals surface area contributed by atoms with E-state index in [-0.39, 0.29) is 11.9 Å². The van der Waals surface area contributed by atoms with Gasteiger partial charge < -0.3 is 5.32 Å². The first-order valence-electron chi connectivity index (χ1n) is 6.71. The Labute approximate surface area is 127 Å². The van der Waals surface area contributed by atoms with E-state index in [1.807, 2.05) is 37.3 Å². The number of nitrogens with one attached hydrogen (secondary N) is 1. The van der Waals surface area contributed by atoms with Gasteiger partial charge in [-0.25, -0.2) is 9.37 Å². The molecule has 0 aliphatic rings. The van der Waals surface area contributed by atoms with Crippen LogP contribution in [0.3, 0.4) is 0 Å². The van der Waals surface area contributed by atoms with Crippen molar-refractivity contribution in [1.82, 2.24) is 4.98 Å². The average Bonchev–Trinajstić information content (AvgIpc) is 2.47. The maximum atomic E-state index is 13.9. The Balaban J connectivity index is 2.00. The highest BCUT2D eigenvalue weighted by Gasteiger charge is 2.12. The lowest BCUT2D eigenvalue weighted by Gasteiger charge is -2.18. The predicted molar refractivity (Wildman–Crippen MR) is 85.2 cm³/mol. The summed E-state index contributed by atoms with van der Waals surface area (Å²) in [6.45, 7) is 1.92. The van der Waals surface area contributed by atoms with Gasteiger partial charge in [-0.2, -0.15) is 0 Å². The highest BCUT2D eigenvalue weighted by Crippen LogP contribution is 2.29. The SMILES string of the molecule is CC(Nc1cc(Cl)nc2ccccc12)c1ccccc1F. The normalized spacial score (nSPS) is 12.3. The van der Waals surface area contributed by atoms with Crippen LogP contribution in [0.5, 0.6) is 0 Å². The third-order valence-corrected chi connectivity index (χ3v) is 3.62. The van der Waals surface area contributed by atoms with Crippen molar-refractivity contribution in [1.29, 1.82) is 0 Å². The van der Waals surface area contributed by atoms with Crippen molar-refractivity contribution < 1.29 is 4.39 Å². The maximum Gasteiger partial charge on any atom is 0.131 e. The summed E-state index contributed by atoms with van der Waals surface area (Å²) >= 11 is 6.06. The average molecular weight is 301 g/mol. The van der Waals surface area contributed by atoms with Crippen molar-refractivity contribution >= 4 is 28.2 Å². The molecule has 0 spiro atoms. The molecule has 1 N–H and O–H groups in total. The van der Waals surface area contributed by atoms with Crippen LogP contribution in [0.1, 0.15) is 18.5 Å². The number of halogens is 2. The minimum absolute atomic E-state index is 0.173. The molecule has 0 amide bonds. The minimum Gasteiger partial charge on any atom is -0.378 e. The molecule has 1 heterocycles. The lowest BCUT2D eigenvalue weighted by Crippen LogP contribution is -2.09. The molecular formula is C17H14ClFN2. The Morgan fingerprint density at radius 2 is 1.81 bits per heavy atom. The van der Waals surface area contributed by atoms with E-state index in [4.69, 9.17) is 11.6 Å². The molecule has 0 saturated heterocycles. The number of hydrogen-bond acceptors (Lipinski definition) is 2. The van der Waals surface area contributed by atoms with Gasteiger partial charge in [0, 0.05) is 16.6 Å². The molecule has 2 aromatic carbocycles. The second-order valence-corrected chi connectivity index (χ2v) is 5.28. The van der Waals surface area contributed by atoms with Crippen LogP contribution in [0, 0.1) is 5.82 Å². The largest absolute Gasteiger partial charge is 0.378 e. The number of para-hydroxylation sites is 1. The monoisotopic (exact) mass is 300 g/mol. The van der Waals surface area contributed by atoms with Crippen molar-refractivity contribution in [2.75, 3.05) is 5.32 Å². The minimum atomic E-state index is -0.220. The van der Waals surface area contributed by atoms with Crippen molar-refractivity contribution in [2.24, 2.45) is 0 Å². The summed E-state index contributed by atoms with van der Waals surface area (Å²) in [5.74, 6) is -0.220. The molecule has 4 heteroatoms. The fourth-order valence-corrected chi connectivity index (χ4v) is 2.60. The quantitative estimate of drug-likeness (QED) is 0.672. The van der Waals surface area contributed by atoms with Crippen LogP contribution in [0.2, 0.25) is 5.15 Å². The maximum absolute atomic E-state index is 13.9.